The van der Waals surface area contributed by atoms with E-state index in [4.69, 9.17) is 5.41 Å². The number of pyridine rings is 1. The van der Waals surface area contributed by atoms with Gasteiger partial charge in [-0.25, -0.2) is 9.97 Å². The average Bonchev–Trinajstić information content (AvgIpc) is 2.04. The zero-order valence-electron chi connectivity index (χ0n) is 5.70. The highest BCUT2D eigenvalue weighted by atomic mass is 14.8. The maximum absolute atomic E-state index is 7.23. The van der Waals surface area contributed by atoms with Crippen LogP contribution < -0.4 is 5.49 Å². The third kappa shape index (κ3) is 0.980. The van der Waals surface area contributed by atoms with Crippen molar-refractivity contribution in [3.63, 3.8) is 0 Å². The summed E-state index contributed by atoms with van der Waals surface area (Å²) >= 11 is 0. The Morgan fingerprint density at radius 1 is 1.36 bits per heavy atom. The van der Waals surface area contributed by atoms with Crippen molar-refractivity contribution in [1.82, 2.24) is 15.0 Å². The second-order valence-corrected chi connectivity index (χ2v) is 2.21. The number of hydrogen-bond donors (Lipinski definition) is 2. The molecule has 2 aliphatic rings. The molecule has 4 nitrogen and oxygen atoms in total. The van der Waals surface area contributed by atoms with Gasteiger partial charge in [-0.3, -0.25) is 5.41 Å². The summed E-state index contributed by atoms with van der Waals surface area (Å²) < 4.78 is 0. The van der Waals surface area contributed by atoms with E-state index in [1.165, 1.54) is 0 Å². The lowest BCUT2D eigenvalue weighted by atomic mass is 10.2. The Balaban J connectivity index is 2.84. The fourth-order valence-electron chi connectivity index (χ4n) is 0.918. The van der Waals surface area contributed by atoms with Crippen molar-refractivity contribution in [3.8, 4) is 11.3 Å². The van der Waals surface area contributed by atoms with Crippen LogP contribution >= 0.6 is 0 Å². The predicted molar refractivity (Wildman–Crippen MR) is 38.9 cm³/mol. The Morgan fingerprint density at radius 2 is 2.27 bits per heavy atom. The normalized spacial score (nSPS) is 10.2. The van der Waals surface area contributed by atoms with Gasteiger partial charge in [0, 0.05) is 24.0 Å². The molecule has 0 bridgehead atoms. The van der Waals surface area contributed by atoms with Crippen LogP contribution in [0.5, 0.6) is 0 Å². The van der Waals surface area contributed by atoms with Gasteiger partial charge in [0.1, 0.15) is 5.49 Å². The van der Waals surface area contributed by atoms with E-state index in [0.717, 1.165) is 11.3 Å². The van der Waals surface area contributed by atoms with E-state index < -0.39 is 0 Å². The van der Waals surface area contributed by atoms with Gasteiger partial charge in [-0.2, -0.15) is 0 Å². The summed E-state index contributed by atoms with van der Waals surface area (Å²) in [7, 11) is 0. The van der Waals surface area contributed by atoms with Crippen LogP contribution in [-0.2, 0) is 0 Å². The molecule has 0 amide bonds. The van der Waals surface area contributed by atoms with Crippen LogP contribution in [0.25, 0.3) is 11.3 Å². The number of H-pyrrole nitrogens is 1. The minimum absolute atomic E-state index is 0.264. The summed E-state index contributed by atoms with van der Waals surface area (Å²) in [6, 6.07) is 1.66. The van der Waals surface area contributed by atoms with Crippen LogP contribution in [-0.4, -0.2) is 15.0 Å². The van der Waals surface area contributed by atoms with Crippen molar-refractivity contribution >= 4 is 0 Å². The van der Waals surface area contributed by atoms with Gasteiger partial charge in [-0.15, -0.1) is 0 Å². The van der Waals surface area contributed by atoms with Gasteiger partial charge in [0.05, 0.1) is 12.0 Å². The molecule has 0 aromatic rings. The molecule has 54 valence electrons. The lowest BCUT2D eigenvalue weighted by molar-refractivity contribution is 1.06. The molecule has 2 N–H and O–H groups in total. The quantitative estimate of drug-likeness (QED) is 0.564. The third-order valence-electron chi connectivity index (χ3n) is 1.44. The van der Waals surface area contributed by atoms with Gasteiger partial charge in [0.25, 0.3) is 0 Å². The molecule has 4 heteroatoms. The Morgan fingerprint density at radius 3 is 3.18 bits per heavy atom. The van der Waals surface area contributed by atoms with Gasteiger partial charge in [0.15, 0.2) is 0 Å². The molecule has 2 heterocycles. The third-order valence-corrected chi connectivity index (χ3v) is 1.44. The minimum atomic E-state index is 0.264. The highest BCUT2D eigenvalue weighted by molar-refractivity contribution is 5.56. The first-order valence-corrected chi connectivity index (χ1v) is 3.19. The molecule has 0 fully saturated rings. The van der Waals surface area contributed by atoms with Crippen LogP contribution in [0.2, 0.25) is 0 Å². The van der Waals surface area contributed by atoms with Gasteiger partial charge in [-0.1, -0.05) is 0 Å². The summed E-state index contributed by atoms with van der Waals surface area (Å²) in [5.74, 6) is 0. The number of nitrogens with one attached hydrogen (secondary N) is 2. The van der Waals surface area contributed by atoms with Crippen LogP contribution in [0, 0.1) is 5.41 Å². The van der Waals surface area contributed by atoms with E-state index in [9.17, 15) is 0 Å². The van der Waals surface area contributed by atoms with Crippen LogP contribution in [0.1, 0.15) is 0 Å². The Kier molecular flexibility index (Phi) is 1.18. The Bertz CT molecular complexity index is 392. The van der Waals surface area contributed by atoms with E-state index >= 15 is 0 Å². The zero-order valence-corrected chi connectivity index (χ0v) is 5.70. The van der Waals surface area contributed by atoms with E-state index in [2.05, 4.69) is 15.0 Å². The van der Waals surface area contributed by atoms with Crippen molar-refractivity contribution < 1.29 is 0 Å². The first-order valence-electron chi connectivity index (χ1n) is 3.19. The van der Waals surface area contributed by atoms with Crippen LogP contribution in [0.15, 0.2) is 24.8 Å². The van der Waals surface area contributed by atoms with Gasteiger partial charge < -0.3 is 4.98 Å². The van der Waals surface area contributed by atoms with Crippen molar-refractivity contribution in [2.45, 2.75) is 0 Å². The lowest BCUT2D eigenvalue weighted by Gasteiger charge is -2.00. The van der Waals surface area contributed by atoms with E-state index in [-0.39, 0.29) is 5.49 Å². The first-order chi connectivity index (χ1) is 5.36. The van der Waals surface area contributed by atoms with Crippen molar-refractivity contribution in [1.29, 1.82) is 5.41 Å². The van der Waals surface area contributed by atoms with Crippen molar-refractivity contribution in [2.75, 3.05) is 0 Å². The molecule has 0 saturated carbocycles. The van der Waals surface area contributed by atoms with E-state index in [0.29, 0.717) is 0 Å². The molecule has 0 aliphatic carbocycles. The molecule has 11 heavy (non-hydrogen) atoms. The number of aromatic amines is 1. The van der Waals surface area contributed by atoms with Gasteiger partial charge in [-0.05, 0) is 0 Å². The minimum Gasteiger partial charge on any atom is -0.346 e. The first kappa shape index (κ1) is 6.03. The smallest absolute Gasteiger partial charge is 0.146 e. The molecular formula is C7H6N4. The highest BCUT2D eigenvalue weighted by Gasteiger charge is 1.98. The molecular weight excluding hydrogens is 140 g/mol. The van der Waals surface area contributed by atoms with Crippen LogP contribution in [0.3, 0.4) is 0 Å². The van der Waals surface area contributed by atoms with Crippen molar-refractivity contribution in [2.24, 2.45) is 0 Å². The molecule has 0 saturated heterocycles. The van der Waals surface area contributed by atoms with E-state index in [1.807, 2.05) is 0 Å². The summed E-state index contributed by atoms with van der Waals surface area (Å²) in [5.41, 5.74) is 2.07. The molecule has 0 spiro atoms. The number of nitrogens with zero attached hydrogens (tertiary/aromatic N) is 2. The molecule has 0 atom stereocenters. The molecule has 0 unspecified atom stereocenters. The monoisotopic (exact) mass is 146 g/mol. The molecule has 2 rings (SSSR count). The predicted octanol–water partition coefficient (Wildman–Crippen LogP) is 0.389. The second kappa shape index (κ2) is 2.16. The fraction of sp³-hybridized carbons (Fsp3) is 0. The number of rotatable bonds is 0. The van der Waals surface area contributed by atoms with Gasteiger partial charge >= 0.3 is 0 Å². The Labute approximate surface area is 62.8 Å². The molecule has 2 aliphatic heterocycles. The number of aromatic nitrogens is 3. The zero-order chi connectivity index (χ0) is 7.68. The maximum Gasteiger partial charge on any atom is 0.146 e. The lowest BCUT2D eigenvalue weighted by Crippen LogP contribution is -2.05. The fourth-order valence-corrected chi connectivity index (χ4v) is 0.918. The van der Waals surface area contributed by atoms with Crippen molar-refractivity contribution in [3.05, 3.63) is 30.3 Å². The number of hydrogen-bond acceptors (Lipinski definition) is 3. The summed E-state index contributed by atoms with van der Waals surface area (Å²) in [4.78, 5) is 10.6. The standard InChI is InChI=1S/C7H6N4/c8-7-1-6-5(3-10-7)2-9-4-11-6/h1-4,8H,(H,9,11). The Hall–Kier alpha value is -1.71. The molecule has 0 radical (unpaired) electrons. The topological polar surface area (TPSA) is 65.4 Å². The summed E-state index contributed by atoms with van der Waals surface area (Å²) in [6.45, 7) is 0. The van der Waals surface area contributed by atoms with E-state index in [1.54, 1.807) is 24.8 Å². The SMILES string of the molecule is N=c1cc2[nH]cncc-2cn1. The summed E-state index contributed by atoms with van der Waals surface area (Å²) in [6.07, 6.45) is 4.92. The maximum atomic E-state index is 7.23. The number of fused-ring (bicyclic) bond motifs is 1. The molecule has 0 aromatic heterocycles. The molecule has 0 aromatic carbocycles. The largest absolute Gasteiger partial charge is 0.346 e. The average molecular weight is 146 g/mol. The summed E-state index contributed by atoms with van der Waals surface area (Å²) in [5, 5.41) is 7.23. The second-order valence-electron chi connectivity index (χ2n) is 2.21. The van der Waals surface area contributed by atoms with Gasteiger partial charge in [0.2, 0.25) is 0 Å². The highest BCUT2D eigenvalue weighted by Crippen LogP contribution is 2.11. The van der Waals surface area contributed by atoms with Crippen LogP contribution in [0.4, 0.5) is 0 Å².